The van der Waals surface area contributed by atoms with E-state index in [1.165, 1.54) is 20.3 Å². The van der Waals surface area contributed by atoms with Crippen LogP contribution in [0.5, 0.6) is 11.5 Å². The molecular weight excluding hydrogens is 426 g/mol. The Hall–Kier alpha value is -2.26. The van der Waals surface area contributed by atoms with Gasteiger partial charge in [-0.2, -0.15) is 0 Å². The van der Waals surface area contributed by atoms with Gasteiger partial charge < -0.3 is 14.2 Å². The smallest absolute Gasteiger partial charge is 0.338 e. The fraction of sp³-hybridized carbons (Fsp3) is 0.235. The molecule has 0 radical (unpaired) electrons. The van der Waals surface area contributed by atoms with Gasteiger partial charge in [-0.05, 0) is 30.3 Å². The number of methoxy groups -OCH3 is 2. The normalized spacial score (nSPS) is 10.9. The molecule has 0 spiro atoms. The van der Waals surface area contributed by atoms with Crippen LogP contribution in [-0.4, -0.2) is 34.9 Å². The van der Waals surface area contributed by atoms with Crippen molar-refractivity contribution in [1.82, 2.24) is 0 Å². The molecule has 2 aromatic carbocycles. The molecule has 1 N–H and O–H groups in total. The summed E-state index contributed by atoms with van der Waals surface area (Å²) in [7, 11) is -0.384. The van der Waals surface area contributed by atoms with Crippen LogP contribution in [0.15, 0.2) is 40.9 Å². The SMILES string of the molecule is COc1cc(Br)c(COC(=O)c2cccc(NS(C)(=O)=O)c2)cc1OC. The fourth-order valence-electron chi connectivity index (χ4n) is 2.16. The van der Waals surface area contributed by atoms with E-state index in [0.717, 1.165) is 6.26 Å². The summed E-state index contributed by atoms with van der Waals surface area (Å²) in [6.07, 6.45) is 1.03. The number of halogens is 1. The number of rotatable bonds is 7. The lowest BCUT2D eigenvalue weighted by Gasteiger charge is -2.12. The monoisotopic (exact) mass is 443 g/mol. The molecule has 0 amide bonds. The molecular formula is C17H18BrNO6S. The fourth-order valence-corrected chi connectivity index (χ4v) is 3.15. The van der Waals surface area contributed by atoms with Crippen molar-refractivity contribution in [3.05, 3.63) is 52.0 Å². The van der Waals surface area contributed by atoms with Crippen LogP contribution in [-0.2, 0) is 21.4 Å². The molecule has 2 rings (SSSR count). The van der Waals surface area contributed by atoms with Crippen LogP contribution in [0.2, 0.25) is 0 Å². The maximum absolute atomic E-state index is 12.3. The van der Waals surface area contributed by atoms with Crippen LogP contribution in [0, 0.1) is 0 Å². The molecule has 0 atom stereocenters. The topological polar surface area (TPSA) is 90.9 Å². The minimum Gasteiger partial charge on any atom is -0.493 e. The van der Waals surface area contributed by atoms with E-state index in [1.807, 2.05) is 0 Å². The molecule has 0 aliphatic carbocycles. The second-order valence-corrected chi connectivity index (χ2v) is 7.93. The van der Waals surface area contributed by atoms with Crippen LogP contribution in [0.1, 0.15) is 15.9 Å². The zero-order chi connectivity index (χ0) is 19.3. The van der Waals surface area contributed by atoms with Gasteiger partial charge in [-0.25, -0.2) is 13.2 Å². The van der Waals surface area contributed by atoms with Crippen molar-refractivity contribution in [2.45, 2.75) is 6.61 Å². The van der Waals surface area contributed by atoms with E-state index >= 15 is 0 Å². The summed E-state index contributed by atoms with van der Waals surface area (Å²) in [5, 5.41) is 0. The first-order valence-electron chi connectivity index (χ1n) is 7.39. The number of nitrogens with one attached hydrogen (secondary N) is 1. The number of carbonyl (C=O) groups excluding carboxylic acids is 1. The highest BCUT2D eigenvalue weighted by molar-refractivity contribution is 9.10. The molecule has 26 heavy (non-hydrogen) atoms. The summed E-state index contributed by atoms with van der Waals surface area (Å²) in [6.45, 7) is 0.00348. The van der Waals surface area contributed by atoms with Gasteiger partial charge in [0.15, 0.2) is 11.5 Å². The highest BCUT2D eigenvalue weighted by atomic mass is 79.9. The van der Waals surface area contributed by atoms with Crippen molar-refractivity contribution < 1.29 is 27.4 Å². The summed E-state index contributed by atoms with van der Waals surface area (Å²) >= 11 is 3.40. The summed E-state index contributed by atoms with van der Waals surface area (Å²) in [6, 6.07) is 9.49. The molecule has 0 aliphatic rings. The highest BCUT2D eigenvalue weighted by Crippen LogP contribution is 2.33. The van der Waals surface area contributed by atoms with Gasteiger partial charge >= 0.3 is 5.97 Å². The Morgan fingerprint density at radius 2 is 1.77 bits per heavy atom. The maximum atomic E-state index is 12.3. The van der Waals surface area contributed by atoms with Crippen LogP contribution >= 0.6 is 15.9 Å². The summed E-state index contributed by atoms with van der Waals surface area (Å²) in [5.74, 6) is 0.485. The molecule has 2 aromatic rings. The second-order valence-electron chi connectivity index (χ2n) is 5.33. The summed E-state index contributed by atoms with van der Waals surface area (Å²) in [5.41, 5.74) is 1.21. The Bertz CT molecular complexity index is 913. The van der Waals surface area contributed by atoms with Crippen molar-refractivity contribution in [2.75, 3.05) is 25.2 Å². The van der Waals surface area contributed by atoms with Crippen LogP contribution in [0.25, 0.3) is 0 Å². The molecule has 0 heterocycles. The van der Waals surface area contributed by atoms with Crippen molar-refractivity contribution in [2.24, 2.45) is 0 Å². The third-order valence-corrected chi connectivity index (χ3v) is 4.66. The van der Waals surface area contributed by atoms with Gasteiger partial charge in [0, 0.05) is 15.7 Å². The molecule has 0 bridgehead atoms. The molecule has 0 aromatic heterocycles. The zero-order valence-electron chi connectivity index (χ0n) is 14.4. The number of anilines is 1. The van der Waals surface area contributed by atoms with Crippen LogP contribution in [0.4, 0.5) is 5.69 Å². The zero-order valence-corrected chi connectivity index (χ0v) is 16.8. The first-order valence-corrected chi connectivity index (χ1v) is 10.1. The molecule has 0 saturated heterocycles. The lowest BCUT2D eigenvalue weighted by molar-refractivity contribution is 0.0471. The number of hydrogen-bond acceptors (Lipinski definition) is 6. The van der Waals surface area contributed by atoms with E-state index < -0.39 is 16.0 Å². The average Bonchev–Trinajstić information content (AvgIpc) is 2.58. The number of esters is 1. The van der Waals surface area contributed by atoms with Crippen LogP contribution < -0.4 is 14.2 Å². The first kappa shape index (κ1) is 20.1. The van der Waals surface area contributed by atoms with E-state index in [9.17, 15) is 13.2 Å². The van der Waals surface area contributed by atoms with E-state index in [-0.39, 0.29) is 17.9 Å². The lowest BCUT2D eigenvalue weighted by Crippen LogP contribution is -2.11. The van der Waals surface area contributed by atoms with E-state index in [1.54, 1.807) is 30.3 Å². The summed E-state index contributed by atoms with van der Waals surface area (Å²) < 4.78 is 41.3. The second kappa shape index (κ2) is 8.41. The molecule has 7 nitrogen and oxygen atoms in total. The Labute approximate surface area is 160 Å². The minimum atomic E-state index is -3.43. The minimum absolute atomic E-state index is 0.00348. The van der Waals surface area contributed by atoms with Crippen molar-refractivity contribution in [1.29, 1.82) is 0 Å². The Morgan fingerprint density at radius 1 is 1.12 bits per heavy atom. The van der Waals surface area contributed by atoms with Crippen LogP contribution in [0.3, 0.4) is 0 Å². The van der Waals surface area contributed by atoms with E-state index in [2.05, 4.69) is 20.7 Å². The first-order chi connectivity index (χ1) is 12.2. The molecule has 0 aliphatic heterocycles. The molecule has 9 heteroatoms. The van der Waals surface area contributed by atoms with Gasteiger partial charge in [0.05, 0.1) is 26.0 Å². The predicted molar refractivity (Wildman–Crippen MR) is 101 cm³/mol. The third-order valence-electron chi connectivity index (χ3n) is 3.31. The number of benzene rings is 2. The lowest BCUT2D eigenvalue weighted by atomic mass is 10.2. The van der Waals surface area contributed by atoms with Gasteiger partial charge in [-0.1, -0.05) is 22.0 Å². The van der Waals surface area contributed by atoms with Crippen molar-refractivity contribution in [3.63, 3.8) is 0 Å². The molecule has 140 valence electrons. The Morgan fingerprint density at radius 3 is 2.38 bits per heavy atom. The number of hydrogen-bond donors (Lipinski definition) is 1. The number of ether oxygens (including phenoxy) is 3. The molecule has 0 saturated carbocycles. The van der Waals surface area contributed by atoms with Gasteiger partial charge in [0.2, 0.25) is 10.0 Å². The largest absolute Gasteiger partial charge is 0.493 e. The van der Waals surface area contributed by atoms with Gasteiger partial charge in [-0.3, -0.25) is 4.72 Å². The van der Waals surface area contributed by atoms with Crippen molar-refractivity contribution in [3.8, 4) is 11.5 Å². The molecule has 0 fully saturated rings. The van der Waals surface area contributed by atoms with E-state index in [0.29, 0.717) is 21.5 Å². The van der Waals surface area contributed by atoms with E-state index in [4.69, 9.17) is 14.2 Å². The summed E-state index contributed by atoms with van der Waals surface area (Å²) in [4.78, 5) is 12.3. The predicted octanol–water partition coefficient (Wildman–Crippen LogP) is 3.19. The Balaban J connectivity index is 2.13. The Kier molecular flexibility index (Phi) is 6.49. The number of sulfonamides is 1. The quantitative estimate of drug-likeness (QED) is 0.660. The molecule has 0 unspecified atom stereocenters. The average molecular weight is 444 g/mol. The maximum Gasteiger partial charge on any atom is 0.338 e. The van der Waals surface area contributed by atoms with Gasteiger partial charge in [0.25, 0.3) is 0 Å². The third kappa shape index (κ3) is 5.37. The standard InChI is InChI=1S/C17H18BrNO6S/c1-23-15-8-12(14(18)9-16(15)24-2)10-25-17(20)11-5-4-6-13(7-11)19-26(3,21)22/h4-9,19H,10H2,1-3H3. The number of carbonyl (C=O) groups is 1. The van der Waals surface area contributed by atoms with Gasteiger partial charge in [-0.15, -0.1) is 0 Å². The van der Waals surface area contributed by atoms with Crippen molar-refractivity contribution >= 4 is 37.6 Å². The highest BCUT2D eigenvalue weighted by Gasteiger charge is 2.13. The van der Waals surface area contributed by atoms with Gasteiger partial charge in [0.1, 0.15) is 6.61 Å².